The first kappa shape index (κ1) is 21.0. The Bertz CT molecular complexity index is 788. The van der Waals surface area contributed by atoms with Crippen LogP contribution in [0.3, 0.4) is 0 Å². The summed E-state index contributed by atoms with van der Waals surface area (Å²) in [5.41, 5.74) is 0. The van der Waals surface area contributed by atoms with Crippen molar-refractivity contribution >= 4 is 41.6 Å². The van der Waals surface area contributed by atoms with Gasteiger partial charge in [-0.2, -0.15) is 0 Å². The Hall–Kier alpha value is -1.69. The third-order valence-corrected chi connectivity index (χ3v) is 13.3. The van der Waals surface area contributed by atoms with E-state index in [1.807, 2.05) is 6.08 Å². The SMILES string of the molecule is O=S([O-])C1C=CCCC1.c1cc[c]([Sn+]([c]2ccccc2)[c]2ccccc2)cc1. The van der Waals surface area contributed by atoms with Gasteiger partial charge in [0.15, 0.2) is 0 Å². The topological polar surface area (TPSA) is 40.1 Å². The first-order chi connectivity index (χ1) is 13.8. The van der Waals surface area contributed by atoms with Crippen molar-refractivity contribution in [2.75, 3.05) is 0 Å². The van der Waals surface area contributed by atoms with Gasteiger partial charge in [0.05, 0.1) is 0 Å². The van der Waals surface area contributed by atoms with Crippen LogP contribution >= 0.6 is 0 Å². The van der Waals surface area contributed by atoms with Crippen LogP contribution in [-0.4, -0.2) is 33.8 Å². The normalized spacial score (nSPS) is 16.5. The summed E-state index contributed by atoms with van der Waals surface area (Å²) in [6.07, 6.45) is 6.55. The van der Waals surface area contributed by atoms with E-state index in [2.05, 4.69) is 91.0 Å². The van der Waals surface area contributed by atoms with Gasteiger partial charge in [-0.1, -0.05) is 12.2 Å². The minimum atomic E-state index is -1.98. The van der Waals surface area contributed by atoms with Crippen LogP contribution < -0.4 is 10.7 Å². The summed E-state index contributed by atoms with van der Waals surface area (Å²) in [7, 11) is 0. The zero-order chi connectivity index (χ0) is 19.6. The molecular weight excluding hydrogens is 471 g/mol. The molecule has 0 amide bonds. The summed E-state index contributed by atoms with van der Waals surface area (Å²) in [5.74, 6) is 0. The maximum absolute atomic E-state index is 10.3. The number of hydrogen-bond acceptors (Lipinski definition) is 2. The fraction of sp³-hybridized carbons (Fsp3) is 0.167. The molecule has 1 aliphatic rings. The number of rotatable bonds is 4. The summed E-state index contributed by atoms with van der Waals surface area (Å²) in [4.78, 5) is 0. The monoisotopic (exact) mass is 496 g/mol. The standard InChI is InChI=1S/C6H10O2S.3C6H5.Sn/c7-9(8)6-4-2-1-3-5-6;3*1-2-4-6-5-3-1;/h2,4,6H,1,3,5H2,(H,7,8);3*1-5H;/q;;;;+1/p-1. The molecule has 0 aliphatic heterocycles. The van der Waals surface area contributed by atoms with Crippen LogP contribution in [0.4, 0.5) is 0 Å². The molecule has 1 aliphatic carbocycles. The van der Waals surface area contributed by atoms with Crippen molar-refractivity contribution in [3.63, 3.8) is 0 Å². The van der Waals surface area contributed by atoms with Gasteiger partial charge in [0.2, 0.25) is 0 Å². The van der Waals surface area contributed by atoms with Gasteiger partial charge in [-0.3, -0.25) is 4.21 Å². The summed E-state index contributed by atoms with van der Waals surface area (Å²) in [6.45, 7) is 0. The van der Waals surface area contributed by atoms with Gasteiger partial charge in [-0.05, 0) is 30.3 Å². The Balaban J connectivity index is 0.000000211. The van der Waals surface area contributed by atoms with Gasteiger partial charge in [0, 0.05) is 5.25 Å². The zero-order valence-corrected chi connectivity index (χ0v) is 19.4. The zero-order valence-electron chi connectivity index (χ0n) is 15.7. The van der Waals surface area contributed by atoms with E-state index >= 15 is 0 Å². The van der Waals surface area contributed by atoms with Gasteiger partial charge in [0.1, 0.15) is 0 Å². The molecule has 3 aromatic rings. The predicted octanol–water partition coefficient (Wildman–Crippen LogP) is 3.18. The molecule has 0 saturated carbocycles. The van der Waals surface area contributed by atoms with E-state index in [9.17, 15) is 8.76 Å². The van der Waals surface area contributed by atoms with E-state index in [0.717, 1.165) is 19.3 Å². The van der Waals surface area contributed by atoms with Gasteiger partial charge >= 0.3 is 121 Å². The molecule has 4 rings (SSSR count). The maximum atomic E-state index is 10.3. The van der Waals surface area contributed by atoms with E-state index in [-0.39, 0.29) is 5.25 Å². The first-order valence-electron chi connectivity index (χ1n) is 9.53. The van der Waals surface area contributed by atoms with Crippen LogP contribution in [0.2, 0.25) is 0 Å². The molecule has 4 heteroatoms. The molecule has 0 radical (unpaired) electrons. The molecule has 2 unspecified atom stereocenters. The van der Waals surface area contributed by atoms with Crippen LogP contribution in [0, 0.1) is 0 Å². The Morgan fingerprint density at radius 1 is 0.750 bits per heavy atom. The molecule has 0 spiro atoms. The van der Waals surface area contributed by atoms with Crippen LogP contribution in [-0.2, 0) is 11.1 Å². The third-order valence-electron chi connectivity index (χ3n) is 4.64. The van der Waals surface area contributed by atoms with Crippen molar-refractivity contribution in [2.24, 2.45) is 0 Å². The second-order valence-electron chi connectivity index (χ2n) is 6.63. The molecular formula is C24H24O2SSn. The van der Waals surface area contributed by atoms with Gasteiger partial charge in [-0.15, -0.1) is 0 Å². The molecule has 0 aromatic heterocycles. The van der Waals surface area contributed by atoms with E-state index in [4.69, 9.17) is 0 Å². The van der Waals surface area contributed by atoms with Crippen molar-refractivity contribution in [1.82, 2.24) is 0 Å². The quantitative estimate of drug-likeness (QED) is 0.317. The van der Waals surface area contributed by atoms with Crippen molar-refractivity contribution in [3.8, 4) is 0 Å². The molecule has 0 bridgehead atoms. The number of benzene rings is 3. The van der Waals surface area contributed by atoms with Crippen LogP contribution in [0.25, 0.3) is 0 Å². The Labute approximate surface area is 177 Å². The van der Waals surface area contributed by atoms with Gasteiger partial charge < -0.3 is 4.55 Å². The summed E-state index contributed by atoms with van der Waals surface area (Å²) in [5, 5.41) is -0.209. The molecule has 28 heavy (non-hydrogen) atoms. The molecule has 142 valence electrons. The van der Waals surface area contributed by atoms with Crippen molar-refractivity contribution in [3.05, 3.63) is 103 Å². The fourth-order valence-corrected chi connectivity index (χ4v) is 11.2. The number of allylic oxidation sites excluding steroid dienone is 1. The van der Waals surface area contributed by atoms with Gasteiger partial charge in [0.25, 0.3) is 0 Å². The Morgan fingerprint density at radius 3 is 1.46 bits per heavy atom. The second-order valence-corrected chi connectivity index (χ2v) is 14.8. The summed E-state index contributed by atoms with van der Waals surface area (Å²) >= 11 is -3.87. The average Bonchev–Trinajstić information content (AvgIpc) is 2.77. The number of hydrogen-bond donors (Lipinski definition) is 0. The van der Waals surface area contributed by atoms with Crippen LogP contribution in [0.15, 0.2) is 103 Å². The second kappa shape index (κ2) is 11.3. The Morgan fingerprint density at radius 2 is 1.18 bits per heavy atom. The third kappa shape index (κ3) is 6.16. The Kier molecular flexibility index (Phi) is 8.52. The van der Waals surface area contributed by atoms with E-state index in [0.29, 0.717) is 0 Å². The summed E-state index contributed by atoms with van der Waals surface area (Å²) < 4.78 is 25.2. The summed E-state index contributed by atoms with van der Waals surface area (Å²) in [6, 6.07) is 32.9. The van der Waals surface area contributed by atoms with E-state index < -0.39 is 30.8 Å². The molecule has 0 saturated heterocycles. The fourth-order valence-electron chi connectivity index (χ4n) is 3.26. The van der Waals surface area contributed by atoms with Crippen LogP contribution in [0.1, 0.15) is 19.3 Å². The molecule has 3 aromatic carbocycles. The predicted molar refractivity (Wildman–Crippen MR) is 120 cm³/mol. The minimum absolute atomic E-state index is 0.209. The molecule has 0 N–H and O–H groups in total. The van der Waals surface area contributed by atoms with Gasteiger partial charge in [-0.25, -0.2) is 0 Å². The van der Waals surface area contributed by atoms with E-state index in [1.165, 1.54) is 10.7 Å². The van der Waals surface area contributed by atoms with Crippen molar-refractivity contribution < 1.29 is 8.76 Å². The molecule has 2 nitrogen and oxygen atoms in total. The van der Waals surface area contributed by atoms with E-state index in [1.54, 1.807) is 6.08 Å². The molecule has 0 heterocycles. The molecule has 2 atom stereocenters. The van der Waals surface area contributed by atoms with Crippen molar-refractivity contribution in [1.29, 1.82) is 0 Å². The molecule has 0 fully saturated rings. The van der Waals surface area contributed by atoms with Crippen molar-refractivity contribution in [2.45, 2.75) is 24.5 Å². The van der Waals surface area contributed by atoms with Crippen LogP contribution in [0.5, 0.6) is 0 Å². The first-order valence-corrected chi connectivity index (χ1v) is 15.0. The average molecular weight is 495 g/mol.